The van der Waals surface area contributed by atoms with Gasteiger partial charge in [-0.1, -0.05) is 13.8 Å². The average Bonchev–Trinajstić information content (AvgIpc) is 2.28. The van der Waals surface area contributed by atoms with Gasteiger partial charge in [-0.25, -0.2) is 0 Å². The van der Waals surface area contributed by atoms with E-state index in [0.717, 1.165) is 6.42 Å². The predicted molar refractivity (Wildman–Crippen MR) is 65.4 cm³/mol. The summed E-state index contributed by atoms with van der Waals surface area (Å²) in [4.78, 5) is 22.2. The Hall–Kier alpha value is -1.78. The van der Waals surface area contributed by atoms with E-state index in [4.69, 9.17) is 13.9 Å². The van der Waals surface area contributed by atoms with Crippen LogP contribution in [0.15, 0.2) is 21.5 Å². The normalized spacial score (nSPS) is 10.4. The third kappa shape index (κ3) is 5.03. The van der Waals surface area contributed by atoms with Gasteiger partial charge < -0.3 is 13.9 Å². The zero-order chi connectivity index (χ0) is 13.5. The molecule has 5 heteroatoms. The Morgan fingerprint density at radius 2 is 2.17 bits per heavy atom. The monoisotopic (exact) mass is 254 g/mol. The van der Waals surface area contributed by atoms with E-state index in [9.17, 15) is 9.59 Å². The van der Waals surface area contributed by atoms with Gasteiger partial charge in [0.15, 0.2) is 0 Å². The number of rotatable bonds is 6. The van der Waals surface area contributed by atoms with Gasteiger partial charge in [0.25, 0.3) is 0 Å². The smallest absolute Gasteiger partial charge is 0.303 e. The first kappa shape index (κ1) is 14.3. The van der Waals surface area contributed by atoms with Crippen molar-refractivity contribution < 1.29 is 18.7 Å². The van der Waals surface area contributed by atoms with Crippen LogP contribution in [-0.2, 0) is 16.1 Å². The fourth-order valence-corrected chi connectivity index (χ4v) is 1.20. The minimum Gasteiger partial charge on any atom is -0.487 e. The van der Waals surface area contributed by atoms with Crippen molar-refractivity contribution in [1.82, 2.24) is 0 Å². The fraction of sp³-hybridized carbons (Fsp3) is 0.538. The minimum atomic E-state index is -0.421. The second kappa shape index (κ2) is 6.83. The van der Waals surface area contributed by atoms with Gasteiger partial charge in [0.2, 0.25) is 11.2 Å². The molecule has 0 atom stereocenters. The molecule has 100 valence electrons. The molecule has 1 aromatic heterocycles. The lowest BCUT2D eigenvalue weighted by Gasteiger charge is -2.07. The highest BCUT2D eigenvalue weighted by Gasteiger charge is 2.06. The molecule has 0 unspecified atom stereocenters. The van der Waals surface area contributed by atoms with Crippen LogP contribution < -0.4 is 10.2 Å². The molecule has 0 aromatic carbocycles. The van der Waals surface area contributed by atoms with E-state index in [2.05, 4.69) is 13.8 Å². The Labute approximate surface area is 106 Å². The molecule has 1 rings (SSSR count). The first-order valence-corrected chi connectivity index (χ1v) is 5.87. The Morgan fingerprint density at radius 1 is 1.44 bits per heavy atom. The van der Waals surface area contributed by atoms with Crippen LogP contribution in [0.5, 0.6) is 5.75 Å². The van der Waals surface area contributed by atoms with Gasteiger partial charge >= 0.3 is 5.97 Å². The van der Waals surface area contributed by atoms with E-state index in [-0.39, 0.29) is 17.8 Å². The topological polar surface area (TPSA) is 65.7 Å². The second-order valence-corrected chi connectivity index (χ2v) is 4.39. The minimum absolute atomic E-state index is 0.0448. The highest BCUT2D eigenvalue weighted by Crippen LogP contribution is 2.08. The zero-order valence-corrected chi connectivity index (χ0v) is 10.9. The van der Waals surface area contributed by atoms with Crippen LogP contribution in [0.1, 0.15) is 33.0 Å². The third-order valence-corrected chi connectivity index (χ3v) is 2.22. The van der Waals surface area contributed by atoms with Crippen molar-refractivity contribution in [3.63, 3.8) is 0 Å². The lowest BCUT2D eigenvalue weighted by molar-refractivity contribution is -0.142. The van der Waals surface area contributed by atoms with Crippen LogP contribution in [0.3, 0.4) is 0 Å². The van der Waals surface area contributed by atoms with Gasteiger partial charge in [-0.2, -0.15) is 0 Å². The molecule has 5 nitrogen and oxygen atoms in total. The summed E-state index contributed by atoms with van der Waals surface area (Å²) in [6.45, 7) is 5.88. The number of carbonyl (C=O) groups is 1. The number of ether oxygens (including phenoxy) is 2. The van der Waals surface area contributed by atoms with Crippen LogP contribution in [-0.4, -0.2) is 12.6 Å². The fourth-order valence-electron chi connectivity index (χ4n) is 1.20. The quantitative estimate of drug-likeness (QED) is 0.727. The van der Waals surface area contributed by atoms with Crippen LogP contribution in [0, 0.1) is 5.92 Å². The predicted octanol–water partition coefficient (Wildman–Crippen LogP) is 2.13. The average molecular weight is 254 g/mol. The maximum absolute atomic E-state index is 11.6. The molecule has 0 saturated heterocycles. The van der Waals surface area contributed by atoms with E-state index in [0.29, 0.717) is 18.3 Å². The molecular formula is C13H18O5. The van der Waals surface area contributed by atoms with E-state index in [1.54, 1.807) is 0 Å². The standard InChI is InChI=1S/C13H18O5/c1-9(2)4-5-16-13-8-18-11(6-12(13)15)7-17-10(3)14/h6,8-9H,4-5,7H2,1-3H3. The number of carbonyl (C=O) groups excluding carboxylic acids is 1. The maximum atomic E-state index is 11.6. The molecule has 0 N–H and O–H groups in total. The van der Waals surface area contributed by atoms with Crippen LogP contribution >= 0.6 is 0 Å². The van der Waals surface area contributed by atoms with E-state index in [1.165, 1.54) is 19.3 Å². The van der Waals surface area contributed by atoms with Crippen LogP contribution in [0.25, 0.3) is 0 Å². The molecule has 0 aliphatic carbocycles. The van der Waals surface area contributed by atoms with Gasteiger partial charge in [-0.15, -0.1) is 0 Å². The first-order valence-electron chi connectivity index (χ1n) is 5.87. The van der Waals surface area contributed by atoms with Crippen molar-refractivity contribution in [3.05, 3.63) is 28.3 Å². The number of hydrogen-bond acceptors (Lipinski definition) is 5. The van der Waals surface area contributed by atoms with Gasteiger partial charge in [-0.3, -0.25) is 9.59 Å². The summed E-state index contributed by atoms with van der Waals surface area (Å²) < 4.78 is 15.2. The maximum Gasteiger partial charge on any atom is 0.303 e. The summed E-state index contributed by atoms with van der Waals surface area (Å²) in [5.41, 5.74) is -0.271. The van der Waals surface area contributed by atoms with Crippen molar-refractivity contribution in [3.8, 4) is 5.75 Å². The molecule has 1 aromatic rings. The Morgan fingerprint density at radius 3 is 2.72 bits per heavy atom. The summed E-state index contributed by atoms with van der Waals surface area (Å²) in [5, 5.41) is 0. The van der Waals surface area contributed by atoms with Crippen LogP contribution in [0.2, 0.25) is 0 Å². The van der Waals surface area contributed by atoms with Crippen molar-refractivity contribution in [2.75, 3.05) is 6.61 Å². The Kier molecular flexibility index (Phi) is 5.42. The molecule has 1 heterocycles. The summed E-state index contributed by atoms with van der Waals surface area (Å²) in [6.07, 6.45) is 2.12. The summed E-state index contributed by atoms with van der Waals surface area (Å²) in [6, 6.07) is 1.27. The van der Waals surface area contributed by atoms with Crippen LogP contribution in [0.4, 0.5) is 0 Å². The van der Waals surface area contributed by atoms with Crippen molar-refractivity contribution >= 4 is 5.97 Å². The molecule has 0 radical (unpaired) electrons. The summed E-state index contributed by atoms with van der Waals surface area (Å²) in [5.74, 6) is 0.573. The molecule has 0 amide bonds. The van der Waals surface area contributed by atoms with E-state index < -0.39 is 5.97 Å². The molecule has 0 saturated carbocycles. The molecule has 0 spiro atoms. The van der Waals surface area contributed by atoms with Gasteiger partial charge in [0, 0.05) is 13.0 Å². The third-order valence-electron chi connectivity index (χ3n) is 2.22. The molecular weight excluding hydrogens is 236 g/mol. The molecule has 18 heavy (non-hydrogen) atoms. The van der Waals surface area contributed by atoms with Gasteiger partial charge in [-0.05, 0) is 12.3 Å². The first-order chi connectivity index (χ1) is 8.49. The van der Waals surface area contributed by atoms with E-state index in [1.807, 2.05) is 0 Å². The lowest BCUT2D eigenvalue weighted by Crippen LogP contribution is -2.11. The van der Waals surface area contributed by atoms with Crippen molar-refractivity contribution in [2.45, 2.75) is 33.8 Å². The van der Waals surface area contributed by atoms with Crippen molar-refractivity contribution in [2.24, 2.45) is 5.92 Å². The highest BCUT2D eigenvalue weighted by molar-refractivity contribution is 5.65. The second-order valence-electron chi connectivity index (χ2n) is 4.39. The molecule has 0 aliphatic heterocycles. The number of esters is 1. The largest absolute Gasteiger partial charge is 0.487 e. The number of hydrogen-bond donors (Lipinski definition) is 0. The zero-order valence-electron chi connectivity index (χ0n) is 10.9. The Balaban J connectivity index is 2.57. The van der Waals surface area contributed by atoms with Gasteiger partial charge in [0.05, 0.1) is 6.61 Å². The summed E-state index contributed by atoms with van der Waals surface area (Å²) in [7, 11) is 0. The van der Waals surface area contributed by atoms with E-state index >= 15 is 0 Å². The van der Waals surface area contributed by atoms with Gasteiger partial charge in [0.1, 0.15) is 18.6 Å². The molecule has 0 bridgehead atoms. The lowest BCUT2D eigenvalue weighted by atomic mass is 10.1. The molecule has 0 fully saturated rings. The Bertz CT molecular complexity index is 447. The van der Waals surface area contributed by atoms with Crippen molar-refractivity contribution in [1.29, 1.82) is 0 Å². The molecule has 0 aliphatic rings. The summed E-state index contributed by atoms with van der Waals surface area (Å²) >= 11 is 0. The SMILES string of the molecule is CC(=O)OCc1cc(=O)c(OCCC(C)C)co1. The highest BCUT2D eigenvalue weighted by atomic mass is 16.5.